The molecule has 14 amide bonds. The highest BCUT2D eigenvalue weighted by molar-refractivity contribution is 8.77. The SMILES string of the molecule is CC[C@H](C)[C@@H]1NC(=O)CNC(=O)C(NC(=O)[C@@H](N)[C@@H](C)[C@@H](O)CO)Cc2c([nH]c3cc(OCCC(C)SSC(C)CCNC(=O)[C@H](Cc4ccccc4)NC(=O)[C@H](Cc4ccccc4)NC(=O)CCCCCCCNC(=O)CCC(NC(=O)NC(CCC(=O)O)C(=O)O)C(=O)O)ccc23)S(=O)CC(C(=O)N[C@@H](CC(N)=O)C(=O)N2C[C@H](O)C[C@]2(C)C=O)NC(=O)CNC1=O. The number of amides is 14. The van der Waals surface area contributed by atoms with E-state index < -0.39 is 235 Å². The Balaban J connectivity index is 1.10. The topological polar surface area (TPSA) is 653 Å². The number of hydrogen-bond acceptors (Lipinski definition) is 25. The standard InChI is InChI=1S/C85H122N16O25S3/c1-7-47(2)73-79(118)91-41-69(109)93-64(77(116)96-63(39-66(86)106)81(119)101-43-53(104)40-85(101,6)46-103)45-129(125)80-56(38-62(75(114)90-42-70(110)100-73)95-78(117)72(87)50(5)65(105)44-102)55-25-24-54(37-59(55)97-80)126-34-31-49(4)128-127-48(3)30-33-89-74(113)60(35-51-19-13-11-14-20-51)94-76(115)61(36-52-21-15-12-16-22-52)92-68(108)23-17-9-8-10-18-32-88-67(107)28-26-57(82(120)121)98-84(124)99-58(83(122)123)27-29-71(111)112/h11-16,19-22,24-25,37,46-50,53,57-58,60-65,72-73,97,102,104-105H,7-10,17-18,23,26-36,38-45,87H2,1-6H3,(H2,86,106)(H,88,107)(H,89,113)(H,90,114)(H,91,118)(H,92,108)(H,93,109)(H,94,115)(H,95,117)(H,96,116)(H,100,110)(H,111,112)(H,120,121)(H,122,123)(H2,98,99,124)/t47-,48?,49?,50-,53+,57?,58?,60-,61-,62?,63-,64?,65-,72-,73-,85+,129?/m0/s1. The van der Waals surface area contributed by atoms with E-state index in [4.69, 9.17) is 21.3 Å². The van der Waals surface area contributed by atoms with Gasteiger partial charge in [-0.25, -0.2) is 14.4 Å². The van der Waals surface area contributed by atoms with Gasteiger partial charge in [-0.3, -0.25) is 66.5 Å². The molecule has 1 aromatic heterocycles. The number of fused-ring (bicyclic) bond motifs is 3. The van der Waals surface area contributed by atoms with Crippen molar-refractivity contribution in [3.8, 4) is 5.75 Å². The highest BCUT2D eigenvalue weighted by atomic mass is 33.1. The third-order valence-corrected chi connectivity index (χ3v) is 26.9. The molecule has 2 aliphatic heterocycles. The fraction of sp³-hybridized carbons (Fsp3) is 0.565. The largest absolute Gasteiger partial charge is 0.493 e. The van der Waals surface area contributed by atoms with Crippen LogP contribution in [-0.4, -0.2) is 280 Å². The monoisotopic (exact) mass is 1860 g/mol. The number of carboxylic acids is 3. The summed E-state index contributed by atoms with van der Waals surface area (Å²) in [6.07, 6.45) is -0.814. The number of nitrogens with one attached hydrogen (secondary N) is 13. The van der Waals surface area contributed by atoms with Gasteiger partial charge in [0.15, 0.2) is 0 Å². The summed E-state index contributed by atoms with van der Waals surface area (Å²) in [6, 6.07) is 8.15. The number of rotatable bonds is 49. The number of aliphatic hydroxyl groups is 3. The lowest BCUT2D eigenvalue weighted by Gasteiger charge is -2.33. The Morgan fingerprint density at radius 2 is 1.26 bits per heavy atom. The van der Waals surface area contributed by atoms with Crippen LogP contribution in [0.5, 0.6) is 5.75 Å². The first kappa shape index (κ1) is 106. The number of unbranched alkanes of at least 4 members (excludes halogenated alkanes) is 4. The number of carbonyl (C=O) groups excluding carboxylic acids is 14. The minimum absolute atomic E-state index is 0.0133. The molecule has 3 heterocycles. The van der Waals surface area contributed by atoms with Crippen LogP contribution in [0.1, 0.15) is 155 Å². The van der Waals surface area contributed by atoms with Crippen LogP contribution < -0.4 is 80.0 Å². The zero-order chi connectivity index (χ0) is 95.2. The number of urea groups is 1. The van der Waals surface area contributed by atoms with Crippen LogP contribution in [0.3, 0.4) is 0 Å². The lowest BCUT2D eigenvalue weighted by molar-refractivity contribution is -0.143. The predicted octanol–water partition coefficient (Wildman–Crippen LogP) is -1.01. The first-order chi connectivity index (χ1) is 61.2. The van der Waals surface area contributed by atoms with Crippen LogP contribution in [0.2, 0.25) is 0 Å². The molecule has 17 atom stereocenters. The third-order valence-electron chi connectivity index (χ3n) is 21.9. The van der Waals surface area contributed by atoms with Gasteiger partial charge in [-0.2, -0.15) is 0 Å². The van der Waals surface area contributed by atoms with Crippen molar-refractivity contribution in [2.45, 2.75) is 245 Å². The van der Waals surface area contributed by atoms with Crippen LogP contribution in [0.15, 0.2) is 83.9 Å². The van der Waals surface area contributed by atoms with Gasteiger partial charge in [-0.1, -0.05) is 143 Å². The molecule has 1 saturated heterocycles. The quantitative estimate of drug-likeness (QED) is 0.0143. The maximum Gasteiger partial charge on any atom is 0.326 e. The van der Waals surface area contributed by atoms with E-state index in [1.807, 2.05) is 67.7 Å². The summed E-state index contributed by atoms with van der Waals surface area (Å²) < 4.78 is 21.6. The van der Waals surface area contributed by atoms with Crippen molar-refractivity contribution in [3.05, 3.63) is 95.6 Å². The highest BCUT2D eigenvalue weighted by Crippen LogP contribution is 2.35. The molecule has 710 valence electrons. The van der Waals surface area contributed by atoms with Crippen LogP contribution in [0.4, 0.5) is 4.79 Å². The number of β-amino-alcohol motifs (C(OH)–C–C–N with tert-alkyl or cyclic N) is 1. The molecule has 0 bridgehead atoms. The van der Waals surface area contributed by atoms with Crippen LogP contribution in [0, 0.1) is 11.8 Å². The fourth-order valence-corrected chi connectivity index (χ4v) is 17.9. The number of ether oxygens (including phenoxy) is 1. The Hall–Kier alpha value is -11.3. The number of primary amides is 1. The summed E-state index contributed by atoms with van der Waals surface area (Å²) in [7, 11) is 0.648. The Morgan fingerprint density at radius 3 is 1.86 bits per heavy atom. The molecule has 6 rings (SSSR count). The molecule has 0 saturated carbocycles. The molecule has 0 spiro atoms. The highest BCUT2D eigenvalue weighted by Gasteiger charge is 2.47. The van der Waals surface area contributed by atoms with Crippen molar-refractivity contribution in [2.75, 3.05) is 51.7 Å². The molecule has 2 aliphatic rings. The number of carbonyl (C=O) groups is 17. The molecular weight excluding hydrogens is 1740 g/mol. The first-order valence-electron chi connectivity index (χ1n) is 42.7. The van der Waals surface area contributed by atoms with Crippen molar-refractivity contribution in [1.82, 2.24) is 73.7 Å². The number of aliphatic hydroxyl groups excluding tert-OH is 3. The van der Waals surface area contributed by atoms with E-state index in [9.17, 15) is 107 Å². The second-order valence-electron chi connectivity index (χ2n) is 32.4. The van der Waals surface area contributed by atoms with Crippen molar-refractivity contribution in [3.63, 3.8) is 0 Å². The van der Waals surface area contributed by atoms with Gasteiger partial charge in [0, 0.05) is 92.5 Å². The van der Waals surface area contributed by atoms with Crippen molar-refractivity contribution in [1.29, 1.82) is 0 Å². The number of benzene rings is 3. The number of aliphatic carboxylic acids is 3. The maximum atomic E-state index is 15.3. The number of nitrogens with two attached hydrogens (primary N) is 2. The van der Waals surface area contributed by atoms with Crippen molar-refractivity contribution in [2.24, 2.45) is 23.3 Å². The fourth-order valence-electron chi connectivity index (χ4n) is 14.0. The number of likely N-dealkylation sites (tertiary alicyclic amines) is 1. The number of nitrogens with zero attached hydrogens (tertiary/aromatic N) is 1. The molecule has 129 heavy (non-hydrogen) atoms. The number of H-pyrrole nitrogens is 1. The molecule has 44 heteroatoms. The Kier molecular flexibility index (Phi) is 44.2. The van der Waals surface area contributed by atoms with Crippen molar-refractivity contribution >= 4 is 144 Å². The zero-order valence-corrected chi connectivity index (χ0v) is 75.3. The van der Waals surface area contributed by atoms with E-state index >= 15 is 4.21 Å². The van der Waals surface area contributed by atoms with E-state index in [2.05, 4.69) is 63.5 Å². The van der Waals surface area contributed by atoms with Gasteiger partial charge in [0.1, 0.15) is 65.4 Å². The molecule has 1 fully saturated rings. The molecule has 41 nitrogen and oxygen atoms in total. The second-order valence-corrected chi connectivity index (χ2v) is 37.0. The van der Waals surface area contributed by atoms with Gasteiger partial charge < -0.3 is 125 Å². The maximum absolute atomic E-state index is 15.3. The minimum Gasteiger partial charge on any atom is -0.493 e. The van der Waals surface area contributed by atoms with E-state index in [1.165, 1.54) is 13.8 Å². The summed E-state index contributed by atoms with van der Waals surface area (Å²) in [5.74, 6) is -16.5. The molecule has 0 radical (unpaired) electrons. The lowest BCUT2D eigenvalue weighted by Crippen LogP contribution is -2.60. The van der Waals surface area contributed by atoms with Gasteiger partial charge in [0.25, 0.3) is 0 Å². The van der Waals surface area contributed by atoms with Gasteiger partial charge >= 0.3 is 23.9 Å². The van der Waals surface area contributed by atoms with Crippen molar-refractivity contribution < 1.29 is 121 Å². The smallest absolute Gasteiger partial charge is 0.326 e. The molecule has 23 N–H and O–H groups in total. The number of carboxylic acid groups (broad SMARTS) is 3. The van der Waals surface area contributed by atoms with Gasteiger partial charge in [0.2, 0.25) is 70.9 Å². The lowest BCUT2D eigenvalue weighted by atomic mass is 9.95. The van der Waals surface area contributed by atoms with E-state index in [1.54, 1.807) is 65.8 Å². The zero-order valence-electron chi connectivity index (χ0n) is 72.9. The van der Waals surface area contributed by atoms with Crippen LogP contribution in [-0.2, 0) is 107 Å². The van der Waals surface area contributed by atoms with E-state index in [0.717, 1.165) is 16.0 Å². The molecule has 3 aromatic carbocycles. The normalized spacial score (nSPS) is 20.0. The average Bonchev–Trinajstić information content (AvgIpc) is 1.64. The Labute approximate surface area is 756 Å². The van der Waals surface area contributed by atoms with Crippen LogP contribution in [0.25, 0.3) is 10.9 Å². The summed E-state index contributed by atoms with van der Waals surface area (Å²) >= 11 is 0. The van der Waals surface area contributed by atoms with Crippen LogP contribution >= 0.6 is 21.6 Å². The van der Waals surface area contributed by atoms with E-state index in [0.29, 0.717) is 63.4 Å². The summed E-state index contributed by atoms with van der Waals surface area (Å²) in [5, 5.41) is 89.1. The minimum atomic E-state index is -2.50. The third kappa shape index (κ3) is 35.6. The number of aldehydes is 1. The molecule has 0 aliphatic carbocycles. The molecule has 4 aromatic rings. The average molecular weight is 1860 g/mol. The van der Waals surface area contributed by atoms with Gasteiger partial charge in [0.05, 0.1) is 78.6 Å². The predicted molar refractivity (Wildman–Crippen MR) is 475 cm³/mol. The molecular formula is C85H122N16O25S3. The molecule has 7 unspecified atom stereocenters. The summed E-state index contributed by atoms with van der Waals surface area (Å²) in [5.41, 5.74) is 12.1. The van der Waals surface area contributed by atoms with Gasteiger partial charge in [-0.15, -0.1) is 0 Å². The number of aromatic nitrogens is 1. The Bertz CT molecular complexity index is 4560. The van der Waals surface area contributed by atoms with Gasteiger partial charge in [-0.05, 0) is 80.2 Å². The number of aromatic amines is 1. The Morgan fingerprint density at radius 1 is 0.674 bits per heavy atom. The first-order valence-corrected chi connectivity index (χ1v) is 46.3. The summed E-state index contributed by atoms with van der Waals surface area (Å²) in [6.45, 7) is 7.96. The second kappa shape index (κ2) is 53.6. The number of hydrogen-bond donors (Lipinski definition) is 21. The van der Waals surface area contributed by atoms with E-state index in [-0.39, 0.29) is 103 Å². The summed E-state index contributed by atoms with van der Waals surface area (Å²) in [4.78, 5) is 229.